The molecule has 0 aliphatic carbocycles. The molecule has 0 atom stereocenters. The summed E-state index contributed by atoms with van der Waals surface area (Å²) in [5.41, 5.74) is 9.85. The molecule has 1 aromatic carbocycles. The second kappa shape index (κ2) is 4.90. The highest BCUT2D eigenvalue weighted by molar-refractivity contribution is 6.31. The first-order chi connectivity index (χ1) is 8.11. The van der Waals surface area contributed by atoms with Crippen LogP contribution in [0.5, 0.6) is 0 Å². The number of aromatic nitrogens is 2. The van der Waals surface area contributed by atoms with Gasteiger partial charge in [-0.25, -0.2) is 4.98 Å². The number of aryl methyl sites for hydroxylation is 2. The van der Waals surface area contributed by atoms with Crippen molar-refractivity contribution in [3.63, 3.8) is 0 Å². The minimum Gasteiger partial charge on any atom is -0.332 e. The lowest BCUT2D eigenvalue weighted by atomic mass is 10.0. The number of halogens is 1. The number of rotatable bonds is 3. The van der Waals surface area contributed by atoms with Gasteiger partial charge in [0.15, 0.2) is 0 Å². The summed E-state index contributed by atoms with van der Waals surface area (Å²) in [4.78, 5) is 7.53. The lowest BCUT2D eigenvalue weighted by Crippen LogP contribution is -2.03. The van der Waals surface area contributed by atoms with Crippen LogP contribution in [0.4, 0.5) is 0 Å². The van der Waals surface area contributed by atoms with E-state index >= 15 is 0 Å². The van der Waals surface area contributed by atoms with Gasteiger partial charge in [0.05, 0.1) is 0 Å². The van der Waals surface area contributed by atoms with Crippen molar-refractivity contribution in [2.24, 2.45) is 5.73 Å². The number of hydrogen-bond donors (Lipinski definition) is 2. The molecule has 0 saturated heterocycles. The van der Waals surface area contributed by atoms with Crippen LogP contribution in [-0.2, 0) is 6.42 Å². The summed E-state index contributed by atoms with van der Waals surface area (Å²) >= 11 is 6.15. The van der Waals surface area contributed by atoms with Gasteiger partial charge < -0.3 is 10.7 Å². The van der Waals surface area contributed by atoms with E-state index in [-0.39, 0.29) is 0 Å². The predicted molar refractivity (Wildman–Crippen MR) is 71.3 cm³/mol. The molecule has 0 spiro atoms. The number of aromatic amines is 1. The second-order valence-electron chi connectivity index (χ2n) is 4.18. The van der Waals surface area contributed by atoms with Crippen LogP contribution >= 0.6 is 11.6 Å². The normalized spacial score (nSPS) is 10.8. The summed E-state index contributed by atoms with van der Waals surface area (Å²) in [6.07, 6.45) is 0.713. The maximum atomic E-state index is 6.15. The molecule has 0 saturated carbocycles. The molecule has 17 heavy (non-hydrogen) atoms. The van der Waals surface area contributed by atoms with Gasteiger partial charge in [-0.3, -0.25) is 0 Å². The quantitative estimate of drug-likeness (QED) is 0.879. The molecule has 1 heterocycles. The monoisotopic (exact) mass is 249 g/mol. The topological polar surface area (TPSA) is 54.7 Å². The van der Waals surface area contributed by atoms with Gasteiger partial charge in [-0.15, -0.1) is 0 Å². The van der Waals surface area contributed by atoms with E-state index in [0.717, 1.165) is 17.1 Å². The first-order valence-corrected chi connectivity index (χ1v) is 6.01. The molecule has 2 aromatic rings. The van der Waals surface area contributed by atoms with Gasteiger partial charge in [0.1, 0.15) is 16.7 Å². The Labute approximate surface area is 106 Å². The van der Waals surface area contributed by atoms with Crippen LogP contribution in [0.3, 0.4) is 0 Å². The maximum Gasteiger partial charge on any atom is 0.134 e. The summed E-state index contributed by atoms with van der Waals surface area (Å²) in [5.74, 6) is 0.839. The van der Waals surface area contributed by atoms with Crippen LogP contribution in [0.2, 0.25) is 5.15 Å². The van der Waals surface area contributed by atoms with Crippen LogP contribution in [0, 0.1) is 13.8 Å². The highest BCUT2D eigenvalue weighted by Crippen LogP contribution is 2.27. The van der Waals surface area contributed by atoms with Crippen molar-refractivity contribution < 1.29 is 0 Å². The van der Waals surface area contributed by atoms with Crippen LogP contribution in [0.1, 0.15) is 17.0 Å². The molecular formula is C13H16ClN3. The molecule has 3 N–H and O–H groups in total. The number of imidazole rings is 1. The van der Waals surface area contributed by atoms with E-state index in [1.54, 1.807) is 0 Å². The van der Waals surface area contributed by atoms with Gasteiger partial charge in [0.25, 0.3) is 0 Å². The van der Waals surface area contributed by atoms with Crippen molar-refractivity contribution in [3.8, 4) is 11.3 Å². The maximum absolute atomic E-state index is 6.15. The summed E-state index contributed by atoms with van der Waals surface area (Å²) in [6, 6.07) is 6.22. The van der Waals surface area contributed by atoms with E-state index in [1.165, 1.54) is 11.1 Å². The van der Waals surface area contributed by atoms with Gasteiger partial charge in [0.2, 0.25) is 0 Å². The molecule has 0 radical (unpaired) electrons. The van der Waals surface area contributed by atoms with Crippen molar-refractivity contribution in [2.75, 3.05) is 6.54 Å². The fraction of sp³-hybridized carbons (Fsp3) is 0.308. The minimum absolute atomic E-state index is 0.566. The van der Waals surface area contributed by atoms with Crippen LogP contribution in [0.15, 0.2) is 18.2 Å². The van der Waals surface area contributed by atoms with Gasteiger partial charge in [-0.05, 0) is 37.6 Å². The van der Waals surface area contributed by atoms with Crippen molar-refractivity contribution in [1.82, 2.24) is 9.97 Å². The number of nitrogens with one attached hydrogen (secondary N) is 1. The van der Waals surface area contributed by atoms with Gasteiger partial charge in [-0.1, -0.05) is 23.7 Å². The lowest BCUT2D eigenvalue weighted by Gasteiger charge is -2.02. The standard InChI is InChI=1S/C13H16ClN3/c1-8-3-4-10(7-9(8)2)12-13(14)17-11(16-12)5-6-15/h3-4,7H,5-6,15H2,1-2H3,(H,16,17). The Morgan fingerprint density at radius 1 is 1.29 bits per heavy atom. The lowest BCUT2D eigenvalue weighted by molar-refractivity contribution is 0.895. The molecule has 0 unspecified atom stereocenters. The van der Waals surface area contributed by atoms with Crippen LogP contribution in [-0.4, -0.2) is 16.5 Å². The van der Waals surface area contributed by atoms with Crippen molar-refractivity contribution >= 4 is 11.6 Å². The molecule has 90 valence electrons. The zero-order chi connectivity index (χ0) is 12.4. The molecular weight excluding hydrogens is 234 g/mol. The fourth-order valence-electron chi connectivity index (χ4n) is 1.73. The smallest absolute Gasteiger partial charge is 0.134 e. The Bertz CT molecular complexity index is 531. The fourth-order valence-corrected chi connectivity index (χ4v) is 1.99. The Kier molecular flexibility index (Phi) is 3.50. The molecule has 1 aromatic heterocycles. The third-order valence-corrected chi connectivity index (χ3v) is 3.14. The third-order valence-electron chi connectivity index (χ3n) is 2.87. The van der Waals surface area contributed by atoms with E-state index in [2.05, 4.69) is 35.9 Å². The molecule has 0 fully saturated rings. The van der Waals surface area contributed by atoms with E-state index < -0.39 is 0 Å². The van der Waals surface area contributed by atoms with Crippen LogP contribution < -0.4 is 5.73 Å². The summed E-state index contributed by atoms with van der Waals surface area (Å²) in [5, 5.41) is 0.580. The van der Waals surface area contributed by atoms with Gasteiger partial charge >= 0.3 is 0 Å². The number of H-pyrrole nitrogens is 1. The molecule has 2 rings (SSSR count). The van der Waals surface area contributed by atoms with Crippen LogP contribution in [0.25, 0.3) is 11.3 Å². The first-order valence-electron chi connectivity index (χ1n) is 5.64. The van der Waals surface area contributed by atoms with E-state index in [1.807, 2.05) is 6.07 Å². The van der Waals surface area contributed by atoms with Crippen molar-refractivity contribution in [3.05, 3.63) is 40.3 Å². The van der Waals surface area contributed by atoms with Gasteiger partial charge in [0, 0.05) is 12.0 Å². The molecule has 0 aliphatic heterocycles. The molecule has 0 aliphatic rings. The number of nitrogens with zero attached hydrogens (tertiary/aromatic N) is 1. The Morgan fingerprint density at radius 2 is 2.06 bits per heavy atom. The molecule has 4 heteroatoms. The van der Waals surface area contributed by atoms with Crippen molar-refractivity contribution in [2.45, 2.75) is 20.3 Å². The highest BCUT2D eigenvalue weighted by Gasteiger charge is 2.10. The second-order valence-corrected chi connectivity index (χ2v) is 4.56. The zero-order valence-corrected chi connectivity index (χ0v) is 10.8. The zero-order valence-electron chi connectivity index (χ0n) is 10.0. The number of benzene rings is 1. The molecule has 0 amide bonds. The first kappa shape index (κ1) is 12.1. The summed E-state index contributed by atoms with van der Waals surface area (Å²) in [6.45, 7) is 4.74. The molecule has 0 bridgehead atoms. The minimum atomic E-state index is 0.566. The average molecular weight is 250 g/mol. The number of nitrogens with two attached hydrogens (primary N) is 1. The highest BCUT2D eigenvalue weighted by atomic mass is 35.5. The number of hydrogen-bond acceptors (Lipinski definition) is 2. The predicted octanol–water partition coefficient (Wildman–Crippen LogP) is 2.85. The average Bonchev–Trinajstić information content (AvgIpc) is 2.64. The molecule has 3 nitrogen and oxygen atoms in total. The Hall–Kier alpha value is -1.32. The van der Waals surface area contributed by atoms with Crippen molar-refractivity contribution in [1.29, 1.82) is 0 Å². The van der Waals surface area contributed by atoms with E-state index in [0.29, 0.717) is 18.1 Å². The Balaban J connectivity index is 2.41. The van der Waals surface area contributed by atoms with E-state index in [4.69, 9.17) is 17.3 Å². The van der Waals surface area contributed by atoms with Gasteiger partial charge in [-0.2, -0.15) is 0 Å². The third kappa shape index (κ3) is 2.51. The summed E-state index contributed by atoms with van der Waals surface area (Å²) < 4.78 is 0. The SMILES string of the molecule is Cc1ccc(-c2nc(CCN)[nH]c2Cl)cc1C. The largest absolute Gasteiger partial charge is 0.332 e. The Morgan fingerprint density at radius 3 is 2.71 bits per heavy atom. The van der Waals surface area contributed by atoms with E-state index in [9.17, 15) is 0 Å². The summed E-state index contributed by atoms with van der Waals surface area (Å²) in [7, 11) is 0.